The van der Waals surface area contributed by atoms with Crippen molar-refractivity contribution < 1.29 is 0 Å². The van der Waals surface area contributed by atoms with Crippen LogP contribution in [0.5, 0.6) is 0 Å². The summed E-state index contributed by atoms with van der Waals surface area (Å²) in [7, 11) is 3.60. The lowest BCUT2D eigenvalue weighted by Gasteiger charge is -1.99. The number of nitrogens with zero attached hydrogens (tertiary/aromatic N) is 3. The van der Waals surface area contributed by atoms with Crippen molar-refractivity contribution in [1.29, 1.82) is 0 Å². The minimum absolute atomic E-state index is 0.00218. The number of hydrogen-bond acceptors (Lipinski definition) is 2. The first-order valence-electron chi connectivity index (χ1n) is 4.32. The highest BCUT2D eigenvalue weighted by Crippen LogP contribution is 2.15. The Morgan fingerprint density at radius 1 is 1.14 bits per heavy atom. The van der Waals surface area contributed by atoms with Crippen LogP contribution in [0.1, 0.15) is 0 Å². The smallest absolute Gasteiger partial charge is 0.250 e. The predicted octanol–water partition coefficient (Wildman–Crippen LogP) is 0.786. The first-order chi connectivity index (χ1) is 6.66. The van der Waals surface area contributed by atoms with Crippen LogP contribution in [0, 0.1) is 0 Å². The summed E-state index contributed by atoms with van der Waals surface area (Å²) in [6.45, 7) is 0. The molecule has 72 valence electrons. The van der Waals surface area contributed by atoms with Crippen molar-refractivity contribution in [2.45, 2.75) is 0 Å². The van der Waals surface area contributed by atoms with Crippen molar-refractivity contribution in [2.75, 3.05) is 0 Å². The van der Waals surface area contributed by atoms with Crippen LogP contribution in [0.2, 0.25) is 0 Å². The second-order valence-corrected chi connectivity index (χ2v) is 3.27. The summed E-state index contributed by atoms with van der Waals surface area (Å²) in [5.41, 5.74) is 2.01. The van der Waals surface area contributed by atoms with E-state index in [9.17, 15) is 4.79 Å². The van der Waals surface area contributed by atoms with Crippen LogP contribution in [0.4, 0.5) is 0 Å². The monoisotopic (exact) mass is 189 g/mol. The Morgan fingerprint density at radius 3 is 2.50 bits per heavy atom. The number of rotatable bonds is 1. The van der Waals surface area contributed by atoms with E-state index >= 15 is 0 Å². The average molecular weight is 189 g/mol. The summed E-state index contributed by atoms with van der Waals surface area (Å²) in [4.78, 5) is 11.1. The molecule has 0 aliphatic heterocycles. The molecule has 2 heterocycles. The Hall–Kier alpha value is -1.84. The first kappa shape index (κ1) is 8.74. The van der Waals surface area contributed by atoms with Gasteiger partial charge >= 0.3 is 0 Å². The Kier molecular flexibility index (Phi) is 1.96. The molecule has 0 spiro atoms. The number of aryl methyl sites for hydroxylation is 2. The molecular weight excluding hydrogens is 178 g/mol. The van der Waals surface area contributed by atoms with Gasteiger partial charge in [-0.05, 0) is 6.07 Å². The molecule has 0 aromatic carbocycles. The largest absolute Gasteiger partial charge is 0.318 e. The molecular formula is C10H11N3O. The summed E-state index contributed by atoms with van der Waals surface area (Å²) in [6, 6.07) is 3.36. The maximum atomic E-state index is 11.1. The van der Waals surface area contributed by atoms with E-state index < -0.39 is 0 Å². The molecule has 0 bridgehead atoms. The molecule has 0 fully saturated rings. The number of aromatic nitrogens is 3. The summed E-state index contributed by atoms with van der Waals surface area (Å²) in [5, 5.41) is 4.07. The molecule has 0 N–H and O–H groups in total. The van der Waals surface area contributed by atoms with Crippen LogP contribution in [-0.2, 0) is 14.1 Å². The fourth-order valence-electron chi connectivity index (χ4n) is 1.33. The Balaban J connectivity index is 2.52. The van der Waals surface area contributed by atoms with E-state index in [0.717, 1.165) is 11.1 Å². The molecule has 0 aliphatic carbocycles. The van der Waals surface area contributed by atoms with Gasteiger partial charge in [-0.15, -0.1) is 0 Å². The highest BCUT2D eigenvalue weighted by Gasteiger charge is 2.00. The van der Waals surface area contributed by atoms with Crippen LogP contribution in [0.15, 0.2) is 35.5 Å². The summed E-state index contributed by atoms with van der Waals surface area (Å²) < 4.78 is 3.29. The maximum absolute atomic E-state index is 11.1. The van der Waals surface area contributed by atoms with Crippen LogP contribution < -0.4 is 5.56 Å². The normalized spacial score (nSPS) is 10.4. The van der Waals surface area contributed by atoms with Gasteiger partial charge in [-0.1, -0.05) is 0 Å². The van der Waals surface area contributed by atoms with E-state index in [1.807, 2.05) is 13.2 Å². The molecule has 0 aliphatic rings. The van der Waals surface area contributed by atoms with Gasteiger partial charge < -0.3 is 4.57 Å². The Bertz CT molecular complexity index is 510. The van der Waals surface area contributed by atoms with Gasteiger partial charge in [0, 0.05) is 43.7 Å². The summed E-state index contributed by atoms with van der Waals surface area (Å²) in [5.74, 6) is 0. The third-order valence-electron chi connectivity index (χ3n) is 2.12. The zero-order valence-corrected chi connectivity index (χ0v) is 8.14. The van der Waals surface area contributed by atoms with Gasteiger partial charge in [-0.2, -0.15) is 5.10 Å². The molecule has 0 atom stereocenters. The highest BCUT2D eigenvalue weighted by molar-refractivity contribution is 5.60. The van der Waals surface area contributed by atoms with E-state index in [1.54, 1.807) is 40.8 Å². The van der Waals surface area contributed by atoms with Gasteiger partial charge in [0.2, 0.25) is 5.56 Å². The van der Waals surface area contributed by atoms with Gasteiger partial charge in [-0.3, -0.25) is 9.48 Å². The highest BCUT2D eigenvalue weighted by atomic mass is 16.1. The zero-order valence-electron chi connectivity index (χ0n) is 8.14. The molecule has 4 heteroatoms. The Labute approximate surface area is 81.4 Å². The van der Waals surface area contributed by atoms with Gasteiger partial charge in [0.25, 0.3) is 0 Å². The molecule has 2 rings (SSSR count). The van der Waals surface area contributed by atoms with Gasteiger partial charge in [0.15, 0.2) is 0 Å². The molecule has 2 aromatic rings. The third-order valence-corrected chi connectivity index (χ3v) is 2.12. The van der Waals surface area contributed by atoms with Crippen molar-refractivity contribution in [2.24, 2.45) is 14.1 Å². The molecule has 2 aromatic heterocycles. The standard InChI is InChI=1S/C10H11N3O/c1-12-6-8(3-4-10(12)14)9-5-11-13(2)7-9/h3-7H,1-2H3. The Morgan fingerprint density at radius 2 is 1.93 bits per heavy atom. The number of hydrogen-bond donors (Lipinski definition) is 0. The van der Waals surface area contributed by atoms with E-state index in [1.165, 1.54) is 0 Å². The van der Waals surface area contributed by atoms with Gasteiger partial charge in [0.05, 0.1) is 6.20 Å². The molecule has 0 saturated carbocycles. The molecule has 14 heavy (non-hydrogen) atoms. The van der Waals surface area contributed by atoms with E-state index in [2.05, 4.69) is 5.10 Å². The lowest BCUT2D eigenvalue weighted by atomic mass is 10.2. The minimum Gasteiger partial charge on any atom is -0.318 e. The average Bonchev–Trinajstić information content (AvgIpc) is 2.57. The lowest BCUT2D eigenvalue weighted by Crippen LogP contribution is -2.13. The van der Waals surface area contributed by atoms with Crippen molar-refractivity contribution in [3.63, 3.8) is 0 Å². The van der Waals surface area contributed by atoms with E-state index in [0.29, 0.717) is 0 Å². The fourth-order valence-corrected chi connectivity index (χ4v) is 1.33. The van der Waals surface area contributed by atoms with Crippen LogP contribution in [0.25, 0.3) is 11.1 Å². The minimum atomic E-state index is -0.00218. The molecule has 4 nitrogen and oxygen atoms in total. The topological polar surface area (TPSA) is 39.8 Å². The molecule has 0 unspecified atom stereocenters. The van der Waals surface area contributed by atoms with Crippen molar-refractivity contribution >= 4 is 0 Å². The quantitative estimate of drug-likeness (QED) is 0.665. The van der Waals surface area contributed by atoms with Crippen LogP contribution in [-0.4, -0.2) is 14.3 Å². The van der Waals surface area contributed by atoms with E-state index in [-0.39, 0.29) is 5.56 Å². The van der Waals surface area contributed by atoms with Gasteiger partial charge in [-0.25, -0.2) is 0 Å². The van der Waals surface area contributed by atoms with Crippen molar-refractivity contribution in [1.82, 2.24) is 14.3 Å². The van der Waals surface area contributed by atoms with Crippen molar-refractivity contribution in [3.8, 4) is 11.1 Å². The molecule has 0 saturated heterocycles. The number of pyridine rings is 1. The second kappa shape index (κ2) is 3.14. The molecule has 0 amide bonds. The molecule has 0 radical (unpaired) electrons. The lowest BCUT2D eigenvalue weighted by molar-refractivity contribution is 0.768. The summed E-state index contributed by atoms with van der Waals surface area (Å²) in [6.07, 6.45) is 5.50. The SMILES string of the molecule is Cn1cc(-c2ccc(=O)n(C)c2)cn1. The first-order valence-corrected chi connectivity index (χ1v) is 4.32. The third kappa shape index (κ3) is 1.46. The summed E-state index contributed by atoms with van der Waals surface area (Å²) >= 11 is 0. The van der Waals surface area contributed by atoms with Gasteiger partial charge in [0.1, 0.15) is 0 Å². The predicted molar refractivity (Wildman–Crippen MR) is 53.9 cm³/mol. The van der Waals surface area contributed by atoms with Crippen molar-refractivity contribution in [3.05, 3.63) is 41.1 Å². The van der Waals surface area contributed by atoms with Crippen LogP contribution in [0.3, 0.4) is 0 Å². The fraction of sp³-hybridized carbons (Fsp3) is 0.200. The van der Waals surface area contributed by atoms with Crippen LogP contribution >= 0.6 is 0 Å². The second-order valence-electron chi connectivity index (χ2n) is 3.27. The maximum Gasteiger partial charge on any atom is 0.250 e. The zero-order chi connectivity index (χ0) is 10.1. The van der Waals surface area contributed by atoms with E-state index in [4.69, 9.17) is 0 Å².